The molecular weight excluding hydrogens is 505 g/mol. The van der Waals surface area contributed by atoms with Crippen LogP contribution < -0.4 is 14.4 Å². The van der Waals surface area contributed by atoms with E-state index in [1.165, 1.54) is 0 Å². The van der Waals surface area contributed by atoms with E-state index in [2.05, 4.69) is 26.5 Å². The van der Waals surface area contributed by atoms with E-state index in [-0.39, 0.29) is 10.9 Å². The van der Waals surface area contributed by atoms with Crippen LogP contribution in [0, 0.1) is 0 Å². The number of sulfonamides is 1. The summed E-state index contributed by atoms with van der Waals surface area (Å²) in [4.78, 5) is 1.94. The van der Waals surface area contributed by atoms with Crippen molar-refractivity contribution in [2.24, 2.45) is 0 Å². The first kappa shape index (κ1) is 25.6. The van der Waals surface area contributed by atoms with E-state index in [4.69, 9.17) is 0 Å². The molecule has 3 atom stereocenters. The number of nitrogens with zero attached hydrogens (tertiary/aromatic N) is 1. The predicted octanol–water partition coefficient (Wildman–Crippen LogP) is 5.08. The number of nitrogens with one attached hydrogen (secondary N) is 1. The van der Waals surface area contributed by atoms with Gasteiger partial charge in [0.25, 0.3) is 0 Å². The molecule has 1 aliphatic carbocycles. The fraction of sp³-hybridized carbons (Fsp3) is 0.333. The zero-order chi connectivity index (χ0) is 26.2. The highest BCUT2D eigenvalue weighted by atomic mass is 32.2. The molecule has 0 amide bonds. The summed E-state index contributed by atoms with van der Waals surface area (Å²) in [5.74, 6) is -0.511. The van der Waals surface area contributed by atoms with Crippen LogP contribution >= 0.6 is 0 Å². The van der Waals surface area contributed by atoms with Crippen molar-refractivity contribution in [3.8, 4) is 5.75 Å². The average Bonchev–Trinajstić information content (AvgIpc) is 3.02. The number of halogens is 3. The molecule has 0 unspecified atom stereocenters. The normalized spacial score (nSPS) is 22.1. The average molecular weight is 533 g/mol. The van der Waals surface area contributed by atoms with Gasteiger partial charge in [-0.05, 0) is 79.6 Å². The fourth-order valence-electron chi connectivity index (χ4n) is 5.33. The van der Waals surface area contributed by atoms with Crippen LogP contribution in [-0.2, 0) is 22.9 Å². The Kier molecular flexibility index (Phi) is 6.91. The van der Waals surface area contributed by atoms with Gasteiger partial charge in [0.2, 0.25) is 10.0 Å². The van der Waals surface area contributed by atoms with Crippen LogP contribution in [0.3, 0.4) is 0 Å². The van der Waals surface area contributed by atoms with Gasteiger partial charge in [-0.1, -0.05) is 36.4 Å². The van der Waals surface area contributed by atoms with Gasteiger partial charge in [-0.3, -0.25) is 0 Å². The van der Waals surface area contributed by atoms with E-state index in [1.54, 1.807) is 0 Å². The summed E-state index contributed by atoms with van der Waals surface area (Å²) in [6.07, 6.45) is -2.38. The Morgan fingerprint density at radius 3 is 2.00 bits per heavy atom. The predicted molar refractivity (Wildman–Crippen MR) is 133 cm³/mol. The number of alkyl halides is 3. The highest BCUT2D eigenvalue weighted by Crippen LogP contribution is 2.41. The van der Waals surface area contributed by atoms with Crippen LogP contribution in [0.1, 0.15) is 30.4 Å². The van der Waals surface area contributed by atoms with Crippen molar-refractivity contribution in [1.82, 2.24) is 4.72 Å². The minimum absolute atomic E-state index is 0.207. The Morgan fingerprint density at radius 1 is 0.865 bits per heavy atom. The molecule has 2 N–H and O–H groups in total. The third-order valence-electron chi connectivity index (χ3n) is 6.99. The van der Waals surface area contributed by atoms with Crippen LogP contribution in [0.25, 0.3) is 0 Å². The number of hydrogen-bond donors (Lipinski definition) is 2. The number of aliphatic hydroxyl groups excluding tert-OH is 1. The van der Waals surface area contributed by atoms with Gasteiger partial charge in [0, 0.05) is 11.4 Å². The zero-order valence-electron chi connectivity index (χ0n) is 19.9. The Morgan fingerprint density at radius 2 is 1.43 bits per heavy atom. The number of hydrogen-bond acceptors (Lipinski definition) is 5. The molecule has 0 radical (unpaired) electrons. The van der Waals surface area contributed by atoms with Crippen molar-refractivity contribution in [2.45, 2.75) is 61.5 Å². The maximum absolute atomic E-state index is 13.1. The molecule has 1 aliphatic heterocycles. The molecule has 2 aliphatic rings. The van der Waals surface area contributed by atoms with Crippen molar-refractivity contribution in [3.63, 3.8) is 0 Å². The molecule has 37 heavy (non-hydrogen) atoms. The first-order valence-electron chi connectivity index (χ1n) is 12.1. The summed E-state index contributed by atoms with van der Waals surface area (Å²) in [5.41, 5.74) is 4.32. The maximum Gasteiger partial charge on any atom is 0.573 e. The molecular formula is C27H27F3N2O4S. The highest BCUT2D eigenvalue weighted by Gasteiger charge is 2.40. The van der Waals surface area contributed by atoms with Gasteiger partial charge in [0.15, 0.2) is 0 Å². The molecule has 5 rings (SSSR count). The van der Waals surface area contributed by atoms with Gasteiger partial charge in [0.05, 0.1) is 23.1 Å². The Bertz CT molecular complexity index is 1320. The monoisotopic (exact) mass is 532 g/mol. The lowest BCUT2D eigenvalue weighted by atomic mass is 9.86. The van der Waals surface area contributed by atoms with Gasteiger partial charge in [-0.25, -0.2) is 13.1 Å². The molecule has 1 heterocycles. The van der Waals surface area contributed by atoms with E-state index in [0.717, 1.165) is 59.6 Å². The van der Waals surface area contributed by atoms with Crippen LogP contribution in [0.15, 0.2) is 77.7 Å². The molecule has 3 aromatic carbocycles. The molecule has 0 spiro atoms. The van der Waals surface area contributed by atoms with Gasteiger partial charge < -0.3 is 14.7 Å². The van der Waals surface area contributed by atoms with Crippen molar-refractivity contribution in [3.05, 3.63) is 83.9 Å². The molecule has 0 aromatic heterocycles. The molecule has 6 nitrogen and oxygen atoms in total. The summed E-state index contributed by atoms with van der Waals surface area (Å²) < 4.78 is 69.9. The van der Waals surface area contributed by atoms with Gasteiger partial charge in [-0.2, -0.15) is 0 Å². The number of benzene rings is 3. The van der Waals surface area contributed by atoms with Crippen molar-refractivity contribution < 1.29 is 31.4 Å². The summed E-state index contributed by atoms with van der Waals surface area (Å²) in [5, 5.41) is 11.5. The summed E-state index contributed by atoms with van der Waals surface area (Å²) >= 11 is 0. The van der Waals surface area contributed by atoms with Crippen LogP contribution in [-0.4, -0.2) is 38.1 Å². The Labute approximate surface area is 213 Å². The summed E-state index contributed by atoms with van der Waals surface area (Å²) in [7, 11) is -4.10. The van der Waals surface area contributed by atoms with Gasteiger partial charge >= 0.3 is 6.36 Å². The lowest BCUT2D eigenvalue weighted by Crippen LogP contribution is -2.55. The van der Waals surface area contributed by atoms with Crippen LogP contribution in [0.4, 0.5) is 24.5 Å². The molecule has 1 saturated carbocycles. The number of aryl methyl sites for hydroxylation is 2. The van der Waals surface area contributed by atoms with Crippen molar-refractivity contribution in [1.29, 1.82) is 0 Å². The second kappa shape index (κ2) is 10.00. The van der Waals surface area contributed by atoms with Crippen molar-refractivity contribution in [2.75, 3.05) is 4.90 Å². The highest BCUT2D eigenvalue weighted by molar-refractivity contribution is 7.89. The van der Waals surface area contributed by atoms with E-state index in [1.807, 2.05) is 36.4 Å². The first-order chi connectivity index (χ1) is 17.6. The van der Waals surface area contributed by atoms with E-state index >= 15 is 0 Å². The number of rotatable bonds is 5. The standard InChI is InChI=1S/C27H27F3N2O4S/c28-27(29,30)36-20-14-16-21(17-15-20)37(34,35)31-22-8-5-11-25(26(22)33)32-23-9-3-1-6-18(23)12-13-19-7-2-4-10-24(19)32/h1-4,6-7,9-10,14-17,22,25-26,31,33H,5,8,11-13H2/t22-,25-,26+/m0/s1. The first-order valence-corrected chi connectivity index (χ1v) is 13.6. The van der Waals surface area contributed by atoms with E-state index in [9.17, 15) is 26.7 Å². The van der Waals surface area contributed by atoms with E-state index in [0.29, 0.717) is 19.3 Å². The number of ether oxygens (including phenoxy) is 1. The molecule has 1 fully saturated rings. The molecule has 10 heteroatoms. The number of para-hydroxylation sites is 2. The zero-order valence-corrected chi connectivity index (χ0v) is 20.7. The molecule has 0 bridgehead atoms. The fourth-order valence-corrected chi connectivity index (χ4v) is 6.61. The van der Waals surface area contributed by atoms with Gasteiger partial charge in [0.1, 0.15) is 5.75 Å². The van der Waals surface area contributed by atoms with Crippen molar-refractivity contribution >= 4 is 21.4 Å². The summed E-state index contributed by atoms with van der Waals surface area (Å²) in [6, 6.07) is 19.0. The minimum atomic E-state index is -4.87. The quantitative estimate of drug-likeness (QED) is 0.479. The number of fused-ring (bicyclic) bond motifs is 2. The van der Waals surface area contributed by atoms with Gasteiger partial charge in [-0.15, -0.1) is 13.2 Å². The minimum Gasteiger partial charge on any atom is -0.406 e. The third kappa shape index (κ3) is 5.46. The SMILES string of the molecule is O=S(=O)(N[C@H]1CCC[C@H](N2c3ccccc3CCc3ccccc32)[C@@H]1O)c1ccc(OC(F)(F)F)cc1. The Hall–Kier alpha value is -3.08. The van der Waals surface area contributed by atoms with Crippen LogP contribution in [0.2, 0.25) is 0 Å². The molecule has 196 valence electrons. The summed E-state index contributed by atoms with van der Waals surface area (Å²) in [6.45, 7) is 0. The Balaban J connectivity index is 1.41. The van der Waals surface area contributed by atoms with Crippen LogP contribution in [0.5, 0.6) is 5.75 Å². The smallest absolute Gasteiger partial charge is 0.406 e. The maximum atomic E-state index is 13.1. The number of aliphatic hydroxyl groups is 1. The molecule has 3 aromatic rings. The third-order valence-corrected chi connectivity index (χ3v) is 8.50. The number of anilines is 2. The lowest BCUT2D eigenvalue weighted by Gasteiger charge is -2.43. The lowest BCUT2D eigenvalue weighted by molar-refractivity contribution is -0.274. The topological polar surface area (TPSA) is 78.9 Å². The largest absolute Gasteiger partial charge is 0.573 e. The molecule has 0 saturated heterocycles. The second-order valence-electron chi connectivity index (χ2n) is 9.36. The second-order valence-corrected chi connectivity index (χ2v) is 11.1. The van der Waals surface area contributed by atoms with E-state index < -0.39 is 34.3 Å².